The van der Waals surface area contributed by atoms with Gasteiger partial charge >= 0.3 is 0 Å². The van der Waals surface area contributed by atoms with Crippen LogP contribution >= 0.6 is 0 Å². The van der Waals surface area contributed by atoms with Gasteiger partial charge in [0, 0.05) is 43.6 Å². The highest BCUT2D eigenvalue weighted by molar-refractivity contribution is 7.89. The summed E-state index contributed by atoms with van der Waals surface area (Å²) in [5, 5.41) is 0. The summed E-state index contributed by atoms with van der Waals surface area (Å²) in [6.45, 7) is 7.70. The molecule has 1 aliphatic rings. The van der Waals surface area contributed by atoms with Crippen LogP contribution in [0.2, 0.25) is 0 Å². The number of amides is 1. The van der Waals surface area contributed by atoms with Crippen LogP contribution in [-0.2, 0) is 28.4 Å². The fourth-order valence-electron chi connectivity index (χ4n) is 3.61. The van der Waals surface area contributed by atoms with Gasteiger partial charge in [-0.05, 0) is 26.8 Å². The summed E-state index contributed by atoms with van der Waals surface area (Å²) in [5.41, 5.74) is 2.10. The van der Waals surface area contributed by atoms with E-state index >= 15 is 0 Å². The molecular weight excluding hydrogens is 406 g/mol. The Kier molecular flexibility index (Phi) is 6.84. The van der Waals surface area contributed by atoms with Gasteiger partial charge in [-0.3, -0.25) is 4.79 Å². The molecule has 2 aromatic rings. The first-order valence-electron chi connectivity index (χ1n) is 10.0. The number of benzene rings is 1. The van der Waals surface area contributed by atoms with Crippen molar-refractivity contribution in [1.82, 2.24) is 14.2 Å². The Labute approximate surface area is 177 Å². The second-order valence-electron chi connectivity index (χ2n) is 7.20. The molecule has 9 heteroatoms. The second kappa shape index (κ2) is 9.20. The van der Waals surface area contributed by atoms with Crippen LogP contribution in [0.4, 0.5) is 0 Å². The van der Waals surface area contributed by atoms with Crippen molar-refractivity contribution >= 4 is 15.9 Å². The molecule has 164 valence electrons. The van der Waals surface area contributed by atoms with E-state index in [1.807, 2.05) is 25.1 Å². The van der Waals surface area contributed by atoms with Crippen LogP contribution in [0.1, 0.15) is 34.2 Å². The lowest BCUT2D eigenvalue weighted by Gasteiger charge is -2.27. The molecule has 30 heavy (non-hydrogen) atoms. The SMILES string of the molecule is CCOc1ccccc1CNS(=O)(=O)c1c(C(=O)N2CCOCC2)c(C)n(C)c1C. The van der Waals surface area contributed by atoms with Crippen molar-refractivity contribution in [3.8, 4) is 5.75 Å². The summed E-state index contributed by atoms with van der Waals surface area (Å²) in [4.78, 5) is 14.9. The molecule has 8 nitrogen and oxygen atoms in total. The number of rotatable bonds is 7. The molecule has 3 rings (SSSR count). The Balaban J connectivity index is 1.94. The van der Waals surface area contributed by atoms with E-state index in [1.165, 1.54) is 0 Å². The normalized spacial score (nSPS) is 14.7. The average molecular weight is 436 g/mol. The summed E-state index contributed by atoms with van der Waals surface area (Å²) >= 11 is 0. The lowest BCUT2D eigenvalue weighted by Crippen LogP contribution is -2.41. The molecule has 0 aliphatic carbocycles. The van der Waals surface area contributed by atoms with Gasteiger partial charge in [-0.25, -0.2) is 13.1 Å². The van der Waals surface area contributed by atoms with E-state index in [9.17, 15) is 13.2 Å². The molecule has 1 aromatic heterocycles. The number of sulfonamides is 1. The number of carbonyl (C=O) groups is 1. The zero-order valence-electron chi connectivity index (χ0n) is 17.9. The summed E-state index contributed by atoms with van der Waals surface area (Å²) < 4.78 is 41.9. The smallest absolute Gasteiger partial charge is 0.257 e. The van der Waals surface area contributed by atoms with Crippen LogP contribution in [-0.4, -0.2) is 56.7 Å². The molecule has 0 atom stereocenters. The molecule has 1 aliphatic heterocycles. The van der Waals surface area contributed by atoms with Gasteiger partial charge in [0.1, 0.15) is 10.6 Å². The molecule has 2 heterocycles. The predicted molar refractivity (Wildman–Crippen MR) is 113 cm³/mol. The quantitative estimate of drug-likeness (QED) is 0.718. The van der Waals surface area contributed by atoms with Crippen LogP contribution in [0.25, 0.3) is 0 Å². The van der Waals surface area contributed by atoms with Crippen LogP contribution in [0.3, 0.4) is 0 Å². The molecule has 1 fully saturated rings. The van der Waals surface area contributed by atoms with Crippen LogP contribution in [0.5, 0.6) is 5.75 Å². The number of morpholine rings is 1. The maximum Gasteiger partial charge on any atom is 0.257 e. The van der Waals surface area contributed by atoms with E-state index in [2.05, 4.69) is 4.72 Å². The molecule has 1 aromatic carbocycles. The minimum absolute atomic E-state index is 0.0351. The fraction of sp³-hybridized carbons (Fsp3) is 0.476. The van der Waals surface area contributed by atoms with E-state index in [0.717, 1.165) is 5.56 Å². The van der Waals surface area contributed by atoms with Gasteiger partial charge in [0.25, 0.3) is 5.91 Å². The Morgan fingerprint density at radius 1 is 1.17 bits per heavy atom. The van der Waals surface area contributed by atoms with Crippen molar-refractivity contribution in [2.45, 2.75) is 32.2 Å². The fourth-order valence-corrected chi connectivity index (χ4v) is 5.13. The number of nitrogens with one attached hydrogen (secondary N) is 1. The molecule has 0 unspecified atom stereocenters. The second-order valence-corrected chi connectivity index (χ2v) is 8.91. The minimum atomic E-state index is -3.94. The minimum Gasteiger partial charge on any atom is -0.494 e. The Morgan fingerprint density at radius 2 is 1.83 bits per heavy atom. The van der Waals surface area contributed by atoms with E-state index in [-0.39, 0.29) is 22.9 Å². The van der Waals surface area contributed by atoms with E-state index < -0.39 is 10.0 Å². The molecule has 1 amide bonds. The third kappa shape index (κ3) is 4.38. The molecule has 0 radical (unpaired) electrons. The van der Waals surface area contributed by atoms with E-state index in [1.54, 1.807) is 36.4 Å². The number of ether oxygens (including phenoxy) is 2. The van der Waals surface area contributed by atoms with Gasteiger partial charge in [0.15, 0.2) is 0 Å². The molecule has 0 saturated carbocycles. The standard InChI is InChI=1S/C21H29N3O5S/c1-5-29-18-9-7-6-8-17(18)14-22-30(26,27)20-16(3)23(4)15(2)19(20)21(25)24-10-12-28-13-11-24/h6-9,22H,5,10-14H2,1-4H3. The van der Waals surface area contributed by atoms with Gasteiger partial charge in [0.05, 0.1) is 25.4 Å². The highest BCUT2D eigenvalue weighted by Crippen LogP contribution is 2.28. The third-order valence-electron chi connectivity index (χ3n) is 5.43. The third-order valence-corrected chi connectivity index (χ3v) is 6.99. The topological polar surface area (TPSA) is 89.9 Å². The first kappa shape index (κ1) is 22.3. The summed E-state index contributed by atoms with van der Waals surface area (Å²) in [5.74, 6) is 0.350. The number of aromatic nitrogens is 1. The summed E-state index contributed by atoms with van der Waals surface area (Å²) in [6, 6.07) is 7.29. The van der Waals surface area contributed by atoms with Crippen molar-refractivity contribution < 1.29 is 22.7 Å². The lowest BCUT2D eigenvalue weighted by atomic mass is 10.2. The van der Waals surface area contributed by atoms with Crippen molar-refractivity contribution in [1.29, 1.82) is 0 Å². The molecule has 1 saturated heterocycles. The van der Waals surface area contributed by atoms with E-state index in [0.29, 0.717) is 50.0 Å². The van der Waals surface area contributed by atoms with E-state index in [4.69, 9.17) is 9.47 Å². The van der Waals surface area contributed by atoms with Gasteiger partial charge in [-0.2, -0.15) is 0 Å². The highest BCUT2D eigenvalue weighted by Gasteiger charge is 2.33. The maximum absolute atomic E-state index is 13.3. The Hall–Kier alpha value is -2.36. The predicted octanol–water partition coefficient (Wildman–Crippen LogP) is 1.99. The average Bonchev–Trinajstić information content (AvgIpc) is 2.98. The van der Waals surface area contributed by atoms with Crippen molar-refractivity contribution in [3.63, 3.8) is 0 Å². The molecule has 0 bridgehead atoms. The maximum atomic E-state index is 13.3. The number of hydrogen-bond acceptors (Lipinski definition) is 5. The summed E-state index contributed by atoms with van der Waals surface area (Å²) in [6.07, 6.45) is 0. The lowest BCUT2D eigenvalue weighted by molar-refractivity contribution is 0.0300. The highest BCUT2D eigenvalue weighted by atomic mass is 32.2. The molecule has 0 spiro atoms. The number of para-hydroxylation sites is 1. The Morgan fingerprint density at radius 3 is 2.50 bits per heavy atom. The first-order chi connectivity index (χ1) is 14.3. The van der Waals surface area contributed by atoms with Crippen LogP contribution < -0.4 is 9.46 Å². The number of hydrogen-bond donors (Lipinski definition) is 1. The van der Waals surface area contributed by atoms with Gasteiger partial charge in [-0.1, -0.05) is 18.2 Å². The zero-order valence-corrected chi connectivity index (χ0v) is 18.7. The molecule has 1 N–H and O–H groups in total. The molecular formula is C21H29N3O5S. The monoisotopic (exact) mass is 435 g/mol. The summed E-state index contributed by atoms with van der Waals surface area (Å²) in [7, 11) is -2.17. The van der Waals surface area contributed by atoms with Gasteiger partial charge < -0.3 is 18.9 Å². The first-order valence-corrected chi connectivity index (χ1v) is 11.5. The van der Waals surface area contributed by atoms with Crippen molar-refractivity contribution in [3.05, 3.63) is 46.8 Å². The van der Waals surface area contributed by atoms with Gasteiger partial charge in [0.2, 0.25) is 10.0 Å². The largest absolute Gasteiger partial charge is 0.494 e. The number of carbonyl (C=O) groups excluding carboxylic acids is 1. The number of nitrogens with zero attached hydrogens (tertiary/aromatic N) is 2. The van der Waals surface area contributed by atoms with Gasteiger partial charge in [-0.15, -0.1) is 0 Å². The van der Waals surface area contributed by atoms with Crippen molar-refractivity contribution in [2.75, 3.05) is 32.9 Å². The Bertz CT molecular complexity index is 1020. The zero-order chi connectivity index (χ0) is 21.9. The van der Waals surface area contributed by atoms with Crippen molar-refractivity contribution in [2.24, 2.45) is 7.05 Å². The van der Waals surface area contributed by atoms with Crippen LogP contribution in [0, 0.1) is 13.8 Å². The van der Waals surface area contributed by atoms with Crippen LogP contribution in [0.15, 0.2) is 29.2 Å².